The van der Waals surface area contributed by atoms with E-state index >= 15 is 0 Å². The van der Waals surface area contributed by atoms with Gasteiger partial charge in [0, 0.05) is 19.4 Å². The molecular formula is C13H26N2O3. The molecule has 0 aromatic heterocycles. The fourth-order valence-corrected chi connectivity index (χ4v) is 1.13. The van der Waals surface area contributed by atoms with Crippen LogP contribution in [0.2, 0.25) is 0 Å². The molecule has 2 N–H and O–H groups in total. The predicted octanol–water partition coefficient (Wildman–Crippen LogP) is 2.24. The minimum Gasteiger partial charge on any atom is -0.351 e. The molecule has 0 saturated carbocycles. The lowest BCUT2D eigenvalue weighted by Gasteiger charge is -2.17. The van der Waals surface area contributed by atoms with E-state index in [9.17, 15) is 4.79 Å². The van der Waals surface area contributed by atoms with Crippen LogP contribution < -0.4 is 10.6 Å². The van der Waals surface area contributed by atoms with Crippen LogP contribution in [0, 0.1) is 5.41 Å². The molecule has 0 aliphatic heterocycles. The van der Waals surface area contributed by atoms with E-state index in [-0.39, 0.29) is 11.4 Å². The summed E-state index contributed by atoms with van der Waals surface area (Å²) in [5.74, 6) is 0. The SMILES string of the molecule is CCOC(CNC(=O)N/C=C/C(C)(C)C)OCC. The standard InChI is InChI=1S/C13H26N2O3/c1-6-17-11(18-7-2)10-15-12(16)14-9-8-13(3,4)5/h8-9,11H,6-7,10H2,1-5H3,(H2,14,15,16)/b9-8+. The predicted molar refractivity (Wildman–Crippen MR) is 72.2 cm³/mol. The molecule has 0 heterocycles. The average molecular weight is 258 g/mol. The Morgan fingerprint density at radius 1 is 1.22 bits per heavy atom. The third kappa shape index (κ3) is 10.1. The lowest BCUT2D eigenvalue weighted by molar-refractivity contribution is -0.131. The summed E-state index contributed by atoms with van der Waals surface area (Å²) in [7, 11) is 0. The van der Waals surface area contributed by atoms with Gasteiger partial charge in [-0.1, -0.05) is 26.8 Å². The topological polar surface area (TPSA) is 59.6 Å². The maximum Gasteiger partial charge on any atom is 0.318 e. The molecule has 0 spiro atoms. The Labute approximate surface area is 110 Å². The number of carbonyl (C=O) groups is 1. The van der Waals surface area contributed by atoms with Crippen LogP contribution >= 0.6 is 0 Å². The molecule has 0 aliphatic rings. The van der Waals surface area contributed by atoms with Gasteiger partial charge in [0.2, 0.25) is 0 Å². The molecule has 0 rings (SSSR count). The minimum atomic E-state index is -0.391. The molecule has 0 radical (unpaired) electrons. The van der Waals surface area contributed by atoms with Crippen LogP contribution in [0.3, 0.4) is 0 Å². The molecule has 0 fully saturated rings. The molecule has 0 aromatic rings. The van der Waals surface area contributed by atoms with Crippen molar-refractivity contribution in [2.75, 3.05) is 19.8 Å². The highest BCUT2D eigenvalue weighted by molar-refractivity contribution is 5.74. The lowest BCUT2D eigenvalue weighted by atomic mass is 9.97. The minimum absolute atomic E-state index is 0.0481. The second kappa shape index (κ2) is 8.94. The van der Waals surface area contributed by atoms with E-state index < -0.39 is 6.29 Å². The van der Waals surface area contributed by atoms with Crippen molar-refractivity contribution >= 4 is 6.03 Å². The van der Waals surface area contributed by atoms with Gasteiger partial charge in [-0.25, -0.2) is 4.79 Å². The van der Waals surface area contributed by atoms with Gasteiger partial charge in [-0.3, -0.25) is 0 Å². The zero-order valence-corrected chi connectivity index (χ0v) is 12.1. The summed E-state index contributed by atoms with van der Waals surface area (Å²) in [5, 5.41) is 5.32. The summed E-state index contributed by atoms with van der Waals surface area (Å²) >= 11 is 0. The maximum absolute atomic E-state index is 11.5. The van der Waals surface area contributed by atoms with Crippen LogP contribution in [0.4, 0.5) is 4.79 Å². The van der Waals surface area contributed by atoms with Crippen molar-refractivity contribution in [3.05, 3.63) is 12.3 Å². The quantitative estimate of drug-likeness (QED) is 0.689. The smallest absolute Gasteiger partial charge is 0.318 e. The normalized spacial score (nSPS) is 12.1. The number of allylic oxidation sites excluding steroid dienone is 1. The van der Waals surface area contributed by atoms with Gasteiger partial charge in [-0.2, -0.15) is 0 Å². The van der Waals surface area contributed by atoms with Crippen LogP contribution in [-0.2, 0) is 9.47 Å². The van der Waals surface area contributed by atoms with Gasteiger partial charge in [0.25, 0.3) is 0 Å². The van der Waals surface area contributed by atoms with E-state index in [2.05, 4.69) is 31.4 Å². The van der Waals surface area contributed by atoms with E-state index in [4.69, 9.17) is 9.47 Å². The Morgan fingerprint density at radius 3 is 2.22 bits per heavy atom. The van der Waals surface area contributed by atoms with E-state index in [1.54, 1.807) is 6.20 Å². The molecule has 0 aliphatic carbocycles. The molecule has 0 unspecified atom stereocenters. The second-order valence-corrected chi connectivity index (χ2v) is 4.89. The van der Waals surface area contributed by atoms with Crippen LogP contribution in [0.5, 0.6) is 0 Å². The molecule has 0 atom stereocenters. The Bertz CT molecular complexity index is 253. The molecule has 2 amide bonds. The molecule has 5 nitrogen and oxygen atoms in total. The Morgan fingerprint density at radius 2 is 1.78 bits per heavy atom. The molecule has 0 aromatic carbocycles. The van der Waals surface area contributed by atoms with Crippen LogP contribution in [-0.4, -0.2) is 32.1 Å². The van der Waals surface area contributed by atoms with Crippen LogP contribution in [0.25, 0.3) is 0 Å². The largest absolute Gasteiger partial charge is 0.351 e. The molecule has 5 heteroatoms. The first-order valence-electron chi connectivity index (χ1n) is 6.34. The average Bonchev–Trinajstić information content (AvgIpc) is 2.25. The fraction of sp³-hybridized carbons (Fsp3) is 0.769. The summed E-state index contributed by atoms with van der Waals surface area (Å²) in [6.07, 6.45) is 3.18. The molecule has 106 valence electrons. The van der Waals surface area contributed by atoms with Gasteiger partial charge in [0.15, 0.2) is 6.29 Å². The number of hydrogen-bond donors (Lipinski definition) is 2. The Kier molecular flexibility index (Phi) is 8.41. The number of hydrogen-bond acceptors (Lipinski definition) is 3. The first-order chi connectivity index (χ1) is 8.39. The highest BCUT2D eigenvalue weighted by Gasteiger charge is 2.09. The van der Waals surface area contributed by atoms with Crippen molar-refractivity contribution in [1.29, 1.82) is 0 Å². The van der Waals surface area contributed by atoms with Gasteiger partial charge >= 0.3 is 6.03 Å². The summed E-state index contributed by atoms with van der Waals surface area (Å²) in [6.45, 7) is 11.4. The van der Waals surface area contributed by atoms with E-state index in [0.717, 1.165) is 0 Å². The van der Waals surface area contributed by atoms with Gasteiger partial charge in [0.1, 0.15) is 0 Å². The number of carbonyl (C=O) groups excluding carboxylic acids is 1. The van der Waals surface area contributed by atoms with Gasteiger partial charge in [-0.15, -0.1) is 0 Å². The maximum atomic E-state index is 11.5. The number of rotatable bonds is 7. The van der Waals surface area contributed by atoms with Gasteiger partial charge < -0.3 is 20.1 Å². The highest BCUT2D eigenvalue weighted by Crippen LogP contribution is 2.13. The number of amides is 2. The zero-order chi connectivity index (χ0) is 14.0. The van der Waals surface area contributed by atoms with Crippen molar-refractivity contribution in [3.8, 4) is 0 Å². The van der Waals surface area contributed by atoms with E-state index in [1.165, 1.54) is 0 Å². The monoisotopic (exact) mass is 258 g/mol. The summed E-state index contributed by atoms with van der Waals surface area (Å²) < 4.78 is 10.6. The van der Waals surface area contributed by atoms with Crippen molar-refractivity contribution in [1.82, 2.24) is 10.6 Å². The second-order valence-electron chi connectivity index (χ2n) is 4.89. The molecule has 0 bridgehead atoms. The third-order valence-corrected chi connectivity index (χ3v) is 1.93. The molecule has 18 heavy (non-hydrogen) atoms. The first kappa shape index (κ1) is 16.9. The fourth-order valence-electron chi connectivity index (χ4n) is 1.13. The summed E-state index contributed by atoms with van der Waals surface area (Å²) in [4.78, 5) is 11.5. The third-order valence-electron chi connectivity index (χ3n) is 1.93. The first-order valence-corrected chi connectivity index (χ1v) is 6.34. The van der Waals surface area contributed by atoms with Gasteiger partial charge in [0.05, 0.1) is 6.54 Å². The van der Waals surface area contributed by atoms with Gasteiger partial charge in [-0.05, 0) is 19.3 Å². The molecule has 0 saturated heterocycles. The number of ether oxygens (including phenoxy) is 2. The lowest BCUT2D eigenvalue weighted by Crippen LogP contribution is -2.39. The van der Waals surface area contributed by atoms with Crippen LogP contribution in [0.1, 0.15) is 34.6 Å². The van der Waals surface area contributed by atoms with Crippen molar-refractivity contribution in [2.24, 2.45) is 5.41 Å². The number of urea groups is 1. The molecular weight excluding hydrogens is 232 g/mol. The highest BCUT2D eigenvalue weighted by atomic mass is 16.7. The van der Waals surface area contributed by atoms with Crippen molar-refractivity contribution in [3.63, 3.8) is 0 Å². The zero-order valence-electron chi connectivity index (χ0n) is 12.1. The summed E-state index contributed by atoms with van der Waals surface area (Å²) in [5.41, 5.74) is 0.0481. The Hall–Kier alpha value is -1.07. The van der Waals surface area contributed by atoms with Crippen molar-refractivity contribution < 1.29 is 14.3 Å². The van der Waals surface area contributed by atoms with E-state index in [0.29, 0.717) is 19.8 Å². The van der Waals surface area contributed by atoms with Crippen molar-refractivity contribution in [2.45, 2.75) is 40.9 Å². The number of nitrogens with one attached hydrogen (secondary N) is 2. The van der Waals surface area contributed by atoms with Crippen LogP contribution in [0.15, 0.2) is 12.3 Å². The van der Waals surface area contributed by atoms with E-state index in [1.807, 2.05) is 19.9 Å². The summed E-state index contributed by atoms with van der Waals surface area (Å²) in [6, 6.07) is -0.264. The Balaban J connectivity index is 3.90.